The Bertz CT molecular complexity index is 505. The fourth-order valence-corrected chi connectivity index (χ4v) is 2.70. The van der Waals surface area contributed by atoms with E-state index in [0.717, 1.165) is 37.3 Å². The molecule has 0 aliphatic carbocycles. The highest BCUT2D eigenvalue weighted by molar-refractivity contribution is 7.80. The van der Waals surface area contributed by atoms with Gasteiger partial charge < -0.3 is 10.6 Å². The standard InChI is InChI=1S/C16H23N3OS/c1-12(2)18-7-9-19(10-8-18)15(20)11-13-3-5-14(6-4-13)16(17)21/h3-6,12H,7-11H2,1-2H3,(H2,17,21). The second-order valence-electron chi connectivity index (χ2n) is 5.75. The third kappa shape index (κ3) is 4.25. The van der Waals surface area contributed by atoms with Crippen molar-refractivity contribution in [2.24, 2.45) is 5.73 Å². The van der Waals surface area contributed by atoms with Gasteiger partial charge in [-0.05, 0) is 19.4 Å². The zero-order valence-corrected chi connectivity index (χ0v) is 13.5. The number of benzene rings is 1. The highest BCUT2D eigenvalue weighted by Crippen LogP contribution is 2.10. The number of carbonyl (C=O) groups is 1. The number of carbonyl (C=O) groups excluding carboxylic acids is 1. The fourth-order valence-electron chi connectivity index (χ4n) is 2.56. The van der Waals surface area contributed by atoms with E-state index in [-0.39, 0.29) is 5.91 Å². The van der Waals surface area contributed by atoms with E-state index in [1.165, 1.54) is 0 Å². The Hall–Kier alpha value is -1.46. The molecule has 1 aliphatic heterocycles. The van der Waals surface area contributed by atoms with Crippen molar-refractivity contribution >= 4 is 23.1 Å². The number of nitrogens with two attached hydrogens (primary N) is 1. The minimum atomic E-state index is 0.196. The molecular weight excluding hydrogens is 282 g/mol. The Morgan fingerprint density at radius 2 is 1.76 bits per heavy atom. The SMILES string of the molecule is CC(C)N1CCN(C(=O)Cc2ccc(C(N)=S)cc2)CC1. The first-order chi connectivity index (χ1) is 9.97. The number of rotatable bonds is 4. The molecule has 0 radical (unpaired) electrons. The smallest absolute Gasteiger partial charge is 0.227 e. The van der Waals surface area contributed by atoms with Crippen LogP contribution in [-0.2, 0) is 11.2 Å². The van der Waals surface area contributed by atoms with Gasteiger partial charge in [-0.3, -0.25) is 9.69 Å². The Morgan fingerprint density at radius 1 is 1.19 bits per heavy atom. The molecule has 1 amide bonds. The molecule has 2 N–H and O–H groups in total. The molecule has 114 valence electrons. The Morgan fingerprint density at radius 3 is 2.24 bits per heavy atom. The minimum Gasteiger partial charge on any atom is -0.389 e. The van der Waals surface area contributed by atoms with Gasteiger partial charge in [-0.25, -0.2) is 0 Å². The van der Waals surface area contributed by atoms with Crippen LogP contribution in [0.4, 0.5) is 0 Å². The topological polar surface area (TPSA) is 49.6 Å². The third-order valence-corrected chi connectivity index (χ3v) is 4.23. The van der Waals surface area contributed by atoms with E-state index in [0.29, 0.717) is 17.5 Å². The lowest BCUT2D eigenvalue weighted by Crippen LogP contribution is -2.51. The number of hydrogen-bond donors (Lipinski definition) is 1. The van der Waals surface area contributed by atoms with Crippen LogP contribution in [-0.4, -0.2) is 52.9 Å². The lowest BCUT2D eigenvalue weighted by Gasteiger charge is -2.37. The van der Waals surface area contributed by atoms with Gasteiger partial charge >= 0.3 is 0 Å². The summed E-state index contributed by atoms with van der Waals surface area (Å²) in [4.78, 5) is 17.1. The van der Waals surface area contributed by atoms with Crippen molar-refractivity contribution < 1.29 is 4.79 Å². The number of hydrogen-bond acceptors (Lipinski definition) is 3. The average Bonchev–Trinajstić information content (AvgIpc) is 2.47. The van der Waals surface area contributed by atoms with Gasteiger partial charge in [-0.15, -0.1) is 0 Å². The van der Waals surface area contributed by atoms with Crippen molar-refractivity contribution in [3.8, 4) is 0 Å². The predicted octanol–water partition coefficient (Wildman–Crippen LogP) is 1.42. The van der Waals surface area contributed by atoms with Gasteiger partial charge in [0, 0.05) is 37.8 Å². The molecule has 1 aliphatic rings. The monoisotopic (exact) mass is 305 g/mol. The fraction of sp³-hybridized carbons (Fsp3) is 0.500. The lowest BCUT2D eigenvalue weighted by atomic mass is 10.1. The van der Waals surface area contributed by atoms with Crippen LogP contribution in [0.2, 0.25) is 0 Å². The van der Waals surface area contributed by atoms with Crippen LogP contribution in [0.3, 0.4) is 0 Å². The molecule has 0 unspecified atom stereocenters. The van der Waals surface area contributed by atoms with Crippen molar-refractivity contribution in [3.05, 3.63) is 35.4 Å². The summed E-state index contributed by atoms with van der Waals surface area (Å²) in [6, 6.07) is 8.16. The Kier molecular flexibility index (Phi) is 5.31. The summed E-state index contributed by atoms with van der Waals surface area (Å²) < 4.78 is 0. The van der Waals surface area contributed by atoms with Gasteiger partial charge in [0.15, 0.2) is 0 Å². The van der Waals surface area contributed by atoms with Gasteiger partial charge in [-0.2, -0.15) is 0 Å². The van der Waals surface area contributed by atoms with Crippen LogP contribution >= 0.6 is 12.2 Å². The molecule has 1 heterocycles. The van der Waals surface area contributed by atoms with Crippen LogP contribution in [0.25, 0.3) is 0 Å². The summed E-state index contributed by atoms with van der Waals surface area (Å²) >= 11 is 4.93. The lowest BCUT2D eigenvalue weighted by molar-refractivity contribution is -0.132. The molecule has 0 spiro atoms. The highest BCUT2D eigenvalue weighted by atomic mass is 32.1. The number of amides is 1. The van der Waals surface area contributed by atoms with Gasteiger partial charge in [0.25, 0.3) is 0 Å². The second-order valence-corrected chi connectivity index (χ2v) is 6.19. The van der Waals surface area contributed by atoms with E-state index in [4.69, 9.17) is 18.0 Å². The van der Waals surface area contributed by atoms with Crippen molar-refractivity contribution in [3.63, 3.8) is 0 Å². The maximum Gasteiger partial charge on any atom is 0.227 e. The summed E-state index contributed by atoms with van der Waals surface area (Å²) in [6.45, 7) is 7.96. The molecule has 2 rings (SSSR count). The molecule has 4 nitrogen and oxygen atoms in total. The summed E-state index contributed by atoms with van der Waals surface area (Å²) in [7, 11) is 0. The van der Waals surface area contributed by atoms with Gasteiger partial charge in [0.1, 0.15) is 4.99 Å². The van der Waals surface area contributed by atoms with E-state index in [1.807, 2.05) is 29.2 Å². The second kappa shape index (κ2) is 7.00. The summed E-state index contributed by atoms with van der Waals surface area (Å²) in [6.07, 6.45) is 0.444. The van der Waals surface area contributed by atoms with E-state index in [2.05, 4.69) is 18.7 Å². The van der Waals surface area contributed by atoms with E-state index in [9.17, 15) is 4.79 Å². The number of piperazine rings is 1. The third-order valence-electron chi connectivity index (χ3n) is 3.99. The minimum absolute atomic E-state index is 0.196. The molecule has 5 heteroatoms. The predicted molar refractivity (Wildman–Crippen MR) is 89.3 cm³/mol. The van der Waals surface area contributed by atoms with Crippen LogP contribution in [0, 0.1) is 0 Å². The van der Waals surface area contributed by atoms with E-state index in [1.54, 1.807) is 0 Å². The maximum absolute atomic E-state index is 12.3. The van der Waals surface area contributed by atoms with Gasteiger partial charge in [0.2, 0.25) is 5.91 Å². The molecule has 1 aromatic rings. The van der Waals surface area contributed by atoms with Gasteiger partial charge in [0.05, 0.1) is 6.42 Å². The van der Waals surface area contributed by atoms with Crippen LogP contribution in [0.1, 0.15) is 25.0 Å². The molecular formula is C16H23N3OS. The van der Waals surface area contributed by atoms with Crippen LogP contribution < -0.4 is 5.73 Å². The Labute approximate surface area is 131 Å². The molecule has 1 aromatic carbocycles. The summed E-state index contributed by atoms with van der Waals surface area (Å²) in [5.74, 6) is 0.196. The zero-order valence-electron chi connectivity index (χ0n) is 12.7. The number of thiocarbonyl (C=S) groups is 1. The maximum atomic E-state index is 12.3. The van der Waals surface area contributed by atoms with Crippen molar-refractivity contribution in [2.45, 2.75) is 26.3 Å². The van der Waals surface area contributed by atoms with E-state index >= 15 is 0 Å². The van der Waals surface area contributed by atoms with Gasteiger partial charge in [-0.1, -0.05) is 36.5 Å². The molecule has 1 fully saturated rings. The van der Waals surface area contributed by atoms with Crippen LogP contribution in [0.5, 0.6) is 0 Å². The van der Waals surface area contributed by atoms with Crippen LogP contribution in [0.15, 0.2) is 24.3 Å². The molecule has 0 aromatic heterocycles. The first-order valence-electron chi connectivity index (χ1n) is 7.38. The molecule has 0 saturated carbocycles. The number of nitrogens with zero attached hydrogens (tertiary/aromatic N) is 2. The van der Waals surface area contributed by atoms with E-state index < -0.39 is 0 Å². The first kappa shape index (κ1) is 15.9. The highest BCUT2D eigenvalue weighted by Gasteiger charge is 2.22. The quantitative estimate of drug-likeness (QED) is 0.855. The average molecular weight is 305 g/mol. The first-order valence-corrected chi connectivity index (χ1v) is 7.79. The van der Waals surface area contributed by atoms with Crippen molar-refractivity contribution in [2.75, 3.05) is 26.2 Å². The largest absolute Gasteiger partial charge is 0.389 e. The van der Waals surface area contributed by atoms with Crippen molar-refractivity contribution in [1.29, 1.82) is 0 Å². The Balaban J connectivity index is 1.89. The molecule has 0 atom stereocenters. The zero-order chi connectivity index (χ0) is 15.4. The van der Waals surface area contributed by atoms with Crippen molar-refractivity contribution in [1.82, 2.24) is 9.80 Å². The molecule has 0 bridgehead atoms. The summed E-state index contributed by atoms with van der Waals surface area (Å²) in [5, 5.41) is 0. The normalized spacial score (nSPS) is 16.2. The summed E-state index contributed by atoms with van der Waals surface area (Å²) in [5.41, 5.74) is 7.42. The molecule has 21 heavy (non-hydrogen) atoms. The molecule has 1 saturated heterocycles.